The first-order chi connectivity index (χ1) is 5.25. The standard InChI is InChI=1S/C6H8N2O2S/c7-4-5-6(11(9)10)2-1-3-8-5/h1-3H,4,7H2,(H,9,10)/p-1. The predicted octanol–water partition coefficient (Wildman–Crippen LogP) is -0.222. The van der Waals surface area contributed by atoms with E-state index in [4.69, 9.17) is 5.73 Å². The van der Waals surface area contributed by atoms with Gasteiger partial charge in [0.2, 0.25) is 0 Å². The Hall–Kier alpha value is -0.780. The Morgan fingerprint density at radius 3 is 2.91 bits per heavy atom. The van der Waals surface area contributed by atoms with Crippen molar-refractivity contribution in [1.82, 2.24) is 4.98 Å². The topological polar surface area (TPSA) is 79.0 Å². The van der Waals surface area contributed by atoms with E-state index in [0.717, 1.165) is 0 Å². The summed E-state index contributed by atoms with van der Waals surface area (Å²) in [6.45, 7) is 0.143. The van der Waals surface area contributed by atoms with Crippen LogP contribution in [0, 0.1) is 0 Å². The molecule has 0 bridgehead atoms. The molecule has 1 atom stereocenters. The van der Waals surface area contributed by atoms with E-state index in [1.807, 2.05) is 0 Å². The fourth-order valence-electron chi connectivity index (χ4n) is 0.728. The Bertz CT molecular complexity index is 277. The SMILES string of the molecule is NCc1ncccc1S(=O)[O-]. The van der Waals surface area contributed by atoms with Crippen molar-refractivity contribution in [2.45, 2.75) is 11.4 Å². The minimum Gasteiger partial charge on any atom is -0.768 e. The number of aromatic nitrogens is 1. The summed E-state index contributed by atoms with van der Waals surface area (Å²) >= 11 is -2.23. The molecule has 0 aliphatic heterocycles. The largest absolute Gasteiger partial charge is 0.768 e. The lowest BCUT2D eigenvalue weighted by atomic mass is 10.3. The van der Waals surface area contributed by atoms with Gasteiger partial charge in [0.25, 0.3) is 0 Å². The van der Waals surface area contributed by atoms with Crippen LogP contribution in [0.15, 0.2) is 23.2 Å². The Balaban J connectivity index is 3.12. The van der Waals surface area contributed by atoms with Crippen molar-refractivity contribution < 1.29 is 8.76 Å². The number of nitrogens with two attached hydrogens (primary N) is 1. The third-order valence-corrected chi connectivity index (χ3v) is 1.95. The van der Waals surface area contributed by atoms with Gasteiger partial charge >= 0.3 is 0 Å². The van der Waals surface area contributed by atoms with Crippen molar-refractivity contribution in [1.29, 1.82) is 0 Å². The van der Waals surface area contributed by atoms with Crippen molar-refractivity contribution in [3.8, 4) is 0 Å². The van der Waals surface area contributed by atoms with Gasteiger partial charge in [0.05, 0.1) is 5.69 Å². The predicted molar refractivity (Wildman–Crippen MR) is 39.3 cm³/mol. The Kier molecular flexibility index (Phi) is 2.70. The second kappa shape index (κ2) is 3.56. The Labute approximate surface area is 66.7 Å². The van der Waals surface area contributed by atoms with E-state index < -0.39 is 11.1 Å². The first-order valence-electron chi connectivity index (χ1n) is 2.99. The van der Waals surface area contributed by atoms with E-state index >= 15 is 0 Å². The lowest BCUT2D eigenvalue weighted by Crippen LogP contribution is -2.04. The highest BCUT2D eigenvalue weighted by atomic mass is 32.2. The summed E-state index contributed by atoms with van der Waals surface area (Å²) in [4.78, 5) is 3.98. The van der Waals surface area contributed by atoms with Gasteiger partial charge in [0.15, 0.2) is 0 Å². The summed E-state index contributed by atoms with van der Waals surface area (Å²) < 4.78 is 21.0. The fraction of sp³-hybridized carbons (Fsp3) is 0.167. The number of hydrogen-bond donors (Lipinski definition) is 1. The maximum absolute atomic E-state index is 10.5. The molecule has 0 radical (unpaired) electrons. The zero-order chi connectivity index (χ0) is 8.27. The lowest BCUT2D eigenvalue weighted by molar-refractivity contribution is 0.535. The number of hydrogen-bond acceptors (Lipinski definition) is 4. The number of rotatable bonds is 2. The molecular weight excluding hydrogens is 164 g/mol. The summed E-state index contributed by atoms with van der Waals surface area (Å²) in [7, 11) is 0. The van der Waals surface area contributed by atoms with E-state index in [1.54, 1.807) is 6.07 Å². The number of pyridine rings is 1. The highest BCUT2D eigenvalue weighted by Gasteiger charge is 1.99. The van der Waals surface area contributed by atoms with Crippen LogP contribution in [0.5, 0.6) is 0 Å². The molecule has 11 heavy (non-hydrogen) atoms. The van der Waals surface area contributed by atoms with Crippen molar-refractivity contribution in [3.63, 3.8) is 0 Å². The summed E-state index contributed by atoms with van der Waals surface area (Å²) in [6.07, 6.45) is 1.51. The smallest absolute Gasteiger partial charge is 0.0689 e. The first kappa shape index (κ1) is 8.32. The van der Waals surface area contributed by atoms with Gasteiger partial charge in [-0.2, -0.15) is 0 Å². The molecule has 1 rings (SSSR count). The molecule has 0 aromatic carbocycles. The molecule has 1 heterocycles. The monoisotopic (exact) mass is 171 g/mol. The van der Waals surface area contributed by atoms with Crippen LogP contribution in [0.25, 0.3) is 0 Å². The van der Waals surface area contributed by atoms with E-state index in [1.165, 1.54) is 12.3 Å². The summed E-state index contributed by atoms with van der Waals surface area (Å²) in [5.74, 6) is 0. The molecule has 1 aromatic rings. The molecule has 1 unspecified atom stereocenters. The molecule has 0 aliphatic carbocycles. The quantitative estimate of drug-likeness (QED) is 0.624. The first-order valence-corrected chi connectivity index (χ1v) is 4.06. The number of nitrogens with zero attached hydrogens (tertiary/aromatic N) is 1. The van der Waals surface area contributed by atoms with Crippen molar-refractivity contribution in [2.75, 3.05) is 0 Å². The average Bonchev–Trinajstić information content (AvgIpc) is 2.04. The Morgan fingerprint density at radius 1 is 1.73 bits per heavy atom. The average molecular weight is 171 g/mol. The lowest BCUT2D eigenvalue weighted by Gasteiger charge is -2.07. The van der Waals surface area contributed by atoms with E-state index in [2.05, 4.69) is 4.98 Å². The van der Waals surface area contributed by atoms with Crippen LogP contribution in [-0.4, -0.2) is 13.7 Å². The third kappa shape index (κ3) is 1.83. The molecule has 0 aliphatic rings. The van der Waals surface area contributed by atoms with E-state index in [-0.39, 0.29) is 11.4 Å². The van der Waals surface area contributed by atoms with Crippen LogP contribution < -0.4 is 5.73 Å². The van der Waals surface area contributed by atoms with Gasteiger partial charge in [-0.15, -0.1) is 0 Å². The second-order valence-electron chi connectivity index (χ2n) is 1.89. The molecular formula is C6H7N2O2S-. The van der Waals surface area contributed by atoms with Gasteiger partial charge in [-0.25, -0.2) is 0 Å². The van der Waals surface area contributed by atoms with Crippen LogP contribution in [0.3, 0.4) is 0 Å². The molecule has 4 nitrogen and oxygen atoms in total. The molecule has 0 amide bonds. The summed E-state index contributed by atoms with van der Waals surface area (Å²) in [5, 5.41) is 0. The third-order valence-electron chi connectivity index (χ3n) is 1.22. The van der Waals surface area contributed by atoms with Gasteiger partial charge < -0.3 is 10.3 Å². The zero-order valence-electron chi connectivity index (χ0n) is 5.69. The van der Waals surface area contributed by atoms with Crippen molar-refractivity contribution >= 4 is 11.1 Å². The zero-order valence-corrected chi connectivity index (χ0v) is 6.50. The van der Waals surface area contributed by atoms with Gasteiger partial charge in [-0.1, -0.05) is 0 Å². The van der Waals surface area contributed by atoms with Crippen LogP contribution in [0.1, 0.15) is 5.69 Å². The second-order valence-corrected chi connectivity index (χ2v) is 2.80. The van der Waals surface area contributed by atoms with Crippen molar-refractivity contribution in [3.05, 3.63) is 24.0 Å². The minimum absolute atomic E-state index is 0.143. The van der Waals surface area contributed by atoms with Crippen molar-refractivity contribution in [2.24, 2.45) is 5.73 Å². The van der Waals surface area contributed by atoms with Gasteiger partial charge in [0.1, 0.15) is 0 Å². The summed E-state index contributed by atoms with van der Waals surface area (Å²) in [5.41, 5.74) is 5.66. The molecule has 60 valence electrons. The highest BCUT2D eigenvalue weighted by molar-refractivity contribution is 7.79. The van der Waals surface area contributed by atoms with E-state index in [0.29, 0.717) is 5.69 Å². The van der Waals surface area contributed by atoms with Crippen LogP contribution in [0.4, 0.5) is 0 Å². The summed E-state index contributed by atoms with van der Waals surface area (Å²) in [6, 6.07) is 3.03. The van der Waals surface area contributed by atoms with Crippen LogP contribution >= 0.6 is 0 Å². The van der Waals surface area contributed by atoms with E-state index in [9.17, 15) is 8.76 Å². The molecule has 0 saturated carbocycles. The highest BCUT2D eigenvalue weighted by Crippen LogP contribution is 2.07. The van der Waals surface area contributed by atoms with Gasteiger partial charge in [0, 0.05) is 17.6 Å². The molecule has 5 heteroatoms. The Morgan fingerprint density at radius 2 is 2.45 bits per heavy atom. The van der Waals surface area contributed by atoms with Gasteiger partial charge in [-0.05, 0) is 23.2 Å². The maximum Gasteiger partial charge on any atom is 0.0689 e. The molecule has 2 N–H and O–H groups in total. The molecule has 1 aromatic heterocycles. The van der Waals surface area contributed by atoms with Crippen LogP contribution in [-0.2, 0) is 17.6 Å². The maximum atomic E-state index is 10.5. The fourth-order valence-corrected chi connectivity index (χ4v) is 1.25. The molecule has 0 saturated heterocycles. The normalized spacial score (nSPS) is 12.9. The van der Waals surface area contributed by atoms with Crippen LogP contribution in [0.2, 0.25) is 0 Å². The van der Waals surface area contributed by atoms with Gasteiger partial charge in [-0.3, -0.25) is 9.19 Å². The minimum atomic E-state index is -2.23. The molecule has 0 spiro atoms. The molecule has 0 fully saturated rings.